The van der Waals surface area contributed by atoms with Gasteiger partial charge in [-0.1, -0.05) is 13.3 Å². The van der Waals surface area contributed by atoms with Gasteiger partial charge in [-0.05, 0) is 28.4 Å². The van der Waals surface area contributed by atoms with Gasteiger partial charge >= 0.3 is 0 Å². The first-order valence-corrected chi connectivity index (χ1v) is 7.66. The molecular formula is C14H19BrF2N2O. The van der Waals surface area contributed by atoms with Gasteiger partial charge in [-0.2, -0.15) is 0 Å². The van der Waals surface area contributed by atoms with Crippen molar-refractivity contribution in [3.63, 3.8) is 0 Å². The molecular weight excluding hydrogens is 330 g/mol. The summed E-state index contributed by atoms with van der Waals surface area (Å²) in [5.74, 6) is -2.07. The molecule has 1 heterocycles. The molecule has 1 fully saturated rings. The van der Waals surface area contributed by atoms with Gasteiger partial charge in [0.2, 0.25) is 0 Å². The second kappa shape index (κ2) is 6.83. The first-order chi connectivity index (χ1) is 9.56. The van der Waals surface area contributed by atoms with Gasteiger partial charge in [-0.15, -0.1) is 0 Å². The average molecular weight is 349 g/mol. The maximum absolute atomic E-state index is 14.2. The zero-order chi connectivity index (χ0) is 14.7. The maximum Gasteiger partial charge on any atom is 0.167 e. The fraction of sp³-hybridized carbons (Fsp3) is 0.571. The van der Waals surface area contributed by atoms with Crippen LogP contribution in [0.3, 0.4) is 0 Å². The summed E-state index contributed by atoms with van der Waals surface area (Å²) in [6.07, 6.45) is 1.52. The molecule has 2 rings (SSSR count). The van der Waals surface area contributed by atoms with E-state index in [1.807, 2.05) is 6.92 Å². The third kappa shape index (κ3) is 3.13. The van der Waals surface area contributed by atoms with Crippen molar-refractivity contribution in [1.29, 1.82) is 0 Å². The second-order valence-electron chi connectivity index (χ2n) is 5.01. The third-order valence-electron chi connectivity index (χ3n) is 3.67. The number of hydrogen-bond donors (Lipinski definition) is 2. The minimum Gasteiger partial charge on any atom is -0.506 e. The molecule has 0 spiro atoms. The van der Waals surface area contributed by atoms with Crippen LogP contribution >= 0.6 is 15.9 Å². The lowest BCUT2D eigenvalue weighted by Gasteiger charge is -2.35. The molecule has 0 aliphatic carbocycles. The summed E-state index contributed by atoms with van der Waals surface area (Å²) in [5.41, 5.74) is 0.0700. The normalized spacial score (nSPS) is 18.2. The summed E-state index contributed by atoms with van der Waals surface area (Å²) in [6, 6.07) is 0.670. The van der Waals surface area contributed by atoms with Crippen molar-refractivity contribution in [1.82, 2.24) is 10.2 Å². The Morgan fingerprint density at radius 2 is 2.05 bits per heavy atom. The lowest BCUT2D eigenvalue weighted by Crippen LogP contribution is -2.45. The molecule has 1 aromatic rings. The first kappa shape index (κ1) is 15.7. The number of phenolic OH excluding ortho intramolecular Hbond substituents is 1. The van der Waals surface area contributed by atoms with Crippen LogP contribution in [0.5, 0.6) is 5.75 Å². The largest absolute Gasteiger partial charge is 0.506 e. The Balaban J connectivity index is 2.42. The summed E-state index contributed by atoms with van der Waals surface area (Å²) in [7, 11) is 0. The smallest absolute Gasteiger partial charge is 0.167 e. The minimum atomic E-state index is -0.942. The van der Waals surface area contributed by atoms with Gasteiger partial charge in [-0.3, -0.25) is 4.90 Å². The quantitative estimate of drug-likeness (QED) is 0.820. The molecule has 1 aliphatic heterocycles. The Hall–Kier alpha value is -0.720. The molecule has 0 unspecified atom stereocenters. The summed E-state index contributed by atoms with van der Waals surface area (Å²) in [4.78, 5) is 2.10. The summed E-state index contributed by atoms with van der Waals surface area (Å²) in [5, 5.41) is 13.4. The number of halogens is 3. The highest BCUT2D eigenvalue weighted by molar-refractivity contribution is 9.10. The molecule has 0 radical (unpaired) electrons. The molecule has 1 atom stereocenters. The van der Waals surface area contributed by atoms with E-state index in [9.17, 15) is 13.9 Å². The summed E-state index contributed by atoms with van der Waals surface area (Å²) in [6.45, 7) is 5.16. The van der Waals surface area contributed by atoms with Crippen LogP contribution in [0.2, 0.25) is 0 Å². The molecule has 2 N–H and O–H groups in total. The first-order valence-electron chi connectivity index (χ1n) is 6.87. The minimum absolute atomic E-state index is 0.0700. The molecule has 1 aromatic carbocycles. The van der Waals surface area contributed by atoms with Crippen molar-refractivity contribution in [2.75, 3.05) is 26.2 Å². The van der Waals surface area contributed by atoms with Crippen molar-refractivity contribution in [3.05, 3.63) is 27.7 Å². The molecule has 0 saturated carbocycles. The zero-order valence-corrected chi connectivity index (χ0v) is 13.0. The number of piperazine rings is 1. The highest BCUT2D eigenvalue weighted by Gasteiger charge is 2.29. The molecule has 1 saturated heterocycles. The van der Waals surface area contributed by atoms with E-state index in [4.69, 9.17) is 0 Å². The second-order valence-corrected chi connectivity index (χ2v) is 5.86. The summed E-state index contributed by atoms with van der Waals surface area (Å²) < 4.78 is 28.0. The van der Waals surface area contributed by atoms with E-state index in [1.54, 1.807) is 0 Å². The van der Waals surface area contributed by atoms with Crippen LogP contribution in [0.1, 0.15) is 31.4 Å². The van der Waals surface area contributed by atoms with E-state index in [0.29, 0.717) is 6.42 Å². The molecule has 112 valence electrons. The van der Waals surface area contributed by atoms with Gasteiger partial charge in [-0.25, -0.2) is 8.78 Å². The lowest BCUT2D eigenvalue weighted by molar-refractivity contribution is 0.157. The van der Waals surface area contributed by atoms with Crippen LogP contribution in [0.25, 0.3) is 0 Å². The van der Waals surface area contributed by atoms with Crippen LogP contribution in [-0.2, 0) is 0 Å². The fourth-order valence-corrected chi connectivity index (χ4v) is 3.10. The average Bonchev–Trinajstić information content (AvgIpc) is 2.45. The Morgan fingerprint density at radius 3 is 2.65 bits per heavy atom. The van der Waals surface area contributed by atoms with Crippen molar-refractivity contribution in [3.8, 4) is 5.75 Å². The molecule has 1 aliphatic rings. The van der Waals surface area contributed by atoms with Gasteiger partial charge in [0.25, 0.3) is 0 Å². The molecule has 6 heteroatoms. The maximum atomic E-state index is 14.2. The number of nitrogens with one attached hydrogen (secondary N) is 1. The van der Waals surface area contributed by atoms with E-state index in [1.165, 1.54) is 0 Å². The van der Waals surface area contributed by atoms with Crippen LogP contribution < -0.4 is 5.32 Å². The van der Waals surface area contributed by atoms with Gasteiger partial charge in [0.1, 0.15) is 5.75 Å². The van der Waals surface area contributed by atoms with Gasteiger partial charge in [0.15, 0.2) is 11.6 Å². The van der Waals surface area contributed by atoms with Gasteiger partial charge < -0.3 is 10.4 Å². The Morgan fingerprint density at radius 1 is 1.40 bits per heavy atom. The Kier molecular flexibility index (Phi) is 5.35. The lowest BCUT2D eigenvalue weighted by atomic mass is 9.98. The van der Waals surface area contributed by atoms with Crippen LogP contribution in [0, 0.1) is 11.6 Å². The van der Waals surface area contributed by atoms with E-state index in [0.717, 1.165) is 38.7 Å². The highest BCUT2D eigenvalue weighted by Crippen LogP contribution is 2.39. The van der Waals surface area contributed by atoms with E-state index < -0.39 is 11.6 Å². The monoisotopic (exact) mass is 348 g/mol. The van der Waals surface area contributed by atoms with Crippen LogP contribution in [0.4, 0.5) is 8.78 Å². The zero-order valence-electron chi connectivity index (χ0n) is 11.4. The summed E-state index contributed by atoms with van der Waals surface area (Å²) >= 11 is 3.09. The Labute approximate surface area is 126 Å². The van der Waals surface area contributed by atoms with Gasteiger partial charge in [0.05, 0.1) is 10.0 Å². The van der Waals surface area contributed by atoms with Gasteiger partial charge in [0, 0.05) is 32.2 Å². The third-order valence-corrected chi connectivity index (χ3v) is 4.27. The van der Waals surface area contributed by atoms with Crippen molar-refractivity contribution in [2.24, 2.45) is 0 Å². The number of benzene rings is 1. The SMILES string of the molecule is CCC[C@@H](c1c(O)c(Br)cc(F)c1F)N1CCNCC1. The number of nitrogens with zero attached hydrogens (tertiary/aromatic N) is 1. The molecule has 20 heavy (non-hydrogen) atoms. The topological polar surface area (TPSA) is 35.5 Å². The fourth-order valence-electron chi connectivity index (χ4n) is 2.69. The number of aromatic hydroxyl groups is 1. The Bertz CT molecular complexity index is 452. The van der Waals surface area contributed by atoms with E-state index >= 15 is 0 Å². The standard InChI is InChI=1S/C14H19BrF2N2O/c1-2-3-11(19-6-4-18-5-7-19)12-13(17)10(16)8-9(15)14(12)20/h8,11,18,20H,2-7H2,1H3/t11-/m0/s1. The number of hydrogen-bond acceptors (Lipinski definition) is 3. The molecule has 0 amide bonds. The van der Waals surface area contributed by atoms with E-state index in [-0.39, 0.29) is 21.8 Å². The predicted molar refractivity (Wildman–Crippen MR) is 77.8 cm³/mol. The van der Waals surface area contributed by atoms with E-state index in [2.05, 4.69) is 26.1 Å². The van der Waals surface area contributed by atoms with Crippen molar-refractivity contribution < 1.29 is 13.9 Å². The van der Waals surface area contributed by atoms with Crippen LogP contribution in [0.15, 0.2) is 10.5 Å². The molecule has 0 bridgehead atoms. The molecule has 0 aromatic heterocycles. The number of phenols is 1. The van der Waals surface area contributed by atoms with Crippen LogP contribution in [-0.4, -0.2) is 36.2 Å². The number of rotatable bonds is 4. The van der Waals surface area contributed by atoms with Crippen molar-refractivity contribution in [2.45, 2.75) is 25.8 Å². The van der Waals surface area contributed by atoms with Crippen molar-refractivity contribution >= 4 is 15.9 Å². The predicted octanol–water partition coefficient (Wildman–Crippen LogP) is 3.18. The molecule has 3 nitrogen and oxygen atoms in total. The highest BCUT2D eigenvalue weighted by atomic mass is 79.9.